The van der Waals surface area contributed by atoms with Crippen molar-refractivity contribution in [3.05, 3.63) is 29.6 Å². The molecular weight excluding hydrogens is 261 g/mol. The fourth-order valence-electron chi connectivity index (χ4n) is 2.30. The average Bonchev–Trinajstić information content (AvgIpc) is 2.30. The van der Waals surface area contributed by atoms with Gasteiger partial charge in [0, 0.05) is 30.4 Å². The van der Waals surface area contributed by atoms with Crippen molar-refractivity contribution in [3.8, 4) is 0 Å². The van der Waals surface area contributed by atoms with Crippen LogP contribution in [0.4, 0.5) is 10.1 Å². The summed E-state index contributed by atoms with van der Waals surface area (Å²) < 4.78 is 13.3. The fourth-order valence-corrected chi connectivity index (χ4v) is 2.47. The molecule has 0 fully saturated rings. The lowest BCUT2D eigenvalue weighted by atomic mass is 10.1. The van der Waals surface area contributed by atoms with Crippen molar-refractivity contribution in [1.29, 1.82) is 0 Å². The molecule has 0 saturated carbocycles. The number of anilines is 1. The maximum Gasteiger partial charge on any atom is 0.124 e. The molecule has 1 aromatic carbocycles. The molecule has 1 rings (SSSR count). The highest BCUT2D eigenvalue weighted by Crippen LogP contribution is 2.24. The van der Waals surface area contributed by atoms with Gasteiger partial charge in [0.05, 0.1) is 0 Å². The molecule has 1 atom stereocenters. The van der Waals surface area contributed by atoms with E-state index in [0.717, 1.165) is 18.8 Å². The minimum atomic E-state index is -0.317. The van der Waals surface area contributed by atoms with Crippen molar-refractivity contribution < 1.29 is 4.39 Å². The highest BCUT2D eigenvalue weighted by Gasteiger charge is 2.18. The number of nitrogens with two attached hydrogens (primary N) is 1. The largest absolute Gasteiger partial charge is 0.389 e. The summed E-state index contributed by atoms with van der Waals surface area (Å²) in [4.78, 5) is 4.54. The smallest absolute Gasteiger partial charge is 0.124 e. The zero-order valence-corrected chi connectivity index (χ0v) is 12.8. The van der Waals surface area contributed by atoms with E-state index in [1.807, 2.05) is 14.1 Å². The molecule has 5 heteroatoms. The van der Waals surface area contributed by atoms with E-state index >= 15 is 0 Å². The van der Waals surface area contributed by atoms with Crippen LogP contribution in [0.15, 0.2) is 18.2 Å². The van der Waals surface area contributed by atoms with Crippen LogP contribution >= 0.6 is 12.2 Å². The summed E-state index contributed by atoms with van der Waals surface area (Å²) in [5, 5.41) is 0. The Kier molecular flexibility index (Phi) is 5.69. The molecule has 0 bridgehead atoms. The standard InChI is InChI=1S/C14H22FN3S/c1-5-18(10(2)9-17(3)4)13-7-6-11(15)8-12(13)14(16)19/h6-8,10H,5,9H2,1-4H3,(H2,16,19). The molecular formula is C14H22FN3S. The second-order valence-electron chi connectivity index (χ2n) is 4.92. The van der Waals surface area contributed by atoms with Crippen molar-refractivity contribution >= 4 is 22.9 Å². The van der Waals surface area contributed by atoms with Crippen LogP contribution in [0.1, 0.15) is 19.4 Å². The SMILES string of the molecule is CCN(c1ccc(F)cc1C(N)=S)C(C)CN(C)C. The number of benzene rings is 1. The topological polar surface area (TPSA) is 32.5 Å². The predicted octanol–water partition coefficient (Wildman–Crippen LogP) is 2.24. The van der Waals surface area contributed by atoms with Crippen LogP contribution in [0, 0.1) is 5.82 Å². The summed E-state index contributed by atoms with van der Waals surface area (Å²) in [5.74, 6) is -0.317. The third-order valence-electron chi connectivity index (χ3n) is 3.04. The highest BCUT2D eigenvalue weighted by atomic mass is 32.1. The second-order valence-corrected chi connectivity index (χ2v) is 5.36. The van der Waals surface area contributed by atoms with Crippen molar-refractivity contribution in [2.45, 2.75) is 19.9 Å². The minimum absolute atomic E-state index is 0.227. The first-order valence-corrected chi connectivity index (χ1v) is 6.78. The van der Waals surface area contributed by atoms with Crippen LogP contribution in [0.25, 0.3) is 0 Å². The minimum Gasteiger partial charge on any atom is -0.389 e. The summed E-state index contributed by atoms with van der Waals surface area (Å²) in [6, 6.07) is 4.89. The zero-order valence-electron chi connectivity index (χ0n) is 12.0. The molecule has 0 amide bonds. The molecule has 0 aliphatic heterocycles. The van der Waals surface area contributed by atoms with Gasteiger partial charge in [-0.05, 0) is 46.1 Å². The first-order valence-electron chi connectivity index (χ1n) is 6.37. The van der Waals surface area contributed by atoms with Gasteiger partial charge >= 0.3 is 0 Å². The molecule has 1 unspecified atom stereocenters. The number of halogens is 1. The Balaban J connectivity index is 3.14. The maximum atomic E-state index is 13.3. The third-order valence-corrected chi connectivity index (χ3v) is 3.26. The molecule has 106 valence electrons. The molecule has 0 heterocycles. The van der Waals surface area contributed by atoms with Crippen LogP contribution in [0.2, 0.25) is 0 Å². The summed E-state index contributed by atoms with van der Waals surface area (Å²) in [5.41, 5.74) is 7.20. The van der Waals surface area contributed by atoms with E-state index in [9.17, 15) is 4.39 Å². The number of nitrogens with zero attached hydrogens (tertiary/aromatic N) is 2. The maximum absolute atomic E-state index is 13.3. The zero-order chi connectivity index (χ0) is 14.6. The van der Waals surface area contributed by atoms with E-state index < -0.39 is 0 Å². The van der Waals surface area contributed by atoms with Gasteiger partial charge in [-0.25, -0.2) is 4.39 Å². The van der Waals surface area contributed by atoms with Gasteiger partial charge in [0.25, 0.3) is 0 Å². The quantitative estimate of drug-likeness (QED) is 0.812. The normalized spacial score (nSPS) is 12.5. The Hall–Kier alpha value is -1.20. The average molecular weight is 283 g/mol. The van der Waals surface area contributed by atoms with Gasteiger partial charge in [-0.2, -0.15) is 0 Å². The molecule has 0 aliphatic carbocycles. The highest BCUT2D eigenvalue weighted by molar-refractivity contribution is 7.80. The van der Waals surface area contributed by atoms with Crippen molar-refractivity contribution in [1.82, 2.24) is 4.90 Å². The molecule has 0 aliphatic rings. The molecule has 0 aromatic heterocycles. The van der Waals surface area contributed by atoms with Crippen LogP contribution in [0.3, 0.4) is 0 Å². The van der Waals surface area contributed by atoms with E-state index in [4.69, 9.17) is 18.0 Å². The van der Waals surface area contributed by atoms with Crippen molar-refractivity contribution in [3.63, 3.8) is 0 Å². The van der Waals surface area contributed by atoms with Crippen molar-refractivity contribution in [2.24, 2.45) is 5.73 Å². The van der Waals surface area contributed by atoms with Gasteiger partial charge in [0.1, 0.15) is 10.8 Å². The van der Waals surface area contributed by atoms with E-state index in [2.05, 4.69) is 23.6 Å². The van der Waals surface area contributed by atoms with Gasteiger partial charge in [0.2, 0.25) is 0 Å². The Morgan fingerprint density at radius 3 is 2.53 bits per heavy atom. The van der Waals surface area contributed by atoms with Gasteiger partial charge < -0.3 is 15.5 Å². The van der Waals surface area contributed by atoms with E-state index in [1.54, 1.807) is 6.07 Å². The lowest BCUT2D eigenvalue weighted by Crippen LogP contribution is -2.41. The fraction of sp³-hybridized carbons (Fsp3) is 0.500. The van der Waals surface area contributed by atoms with E-state index in [0.29, 0.717) is 11.6 Å². The number of rotatable bonds is 6. The number of hydrogen-bond donors (Lipinski definition) is 1. The lowest BCUT2D eigenvalue weighted by molar-refractivity contribution is 0.373. The predicted molar refractivity (Wildman–Crippen MR) is 83.3 cm³/mol. The molecule has 1 aromatic rings. The summed E-state index contributed by atoms with van der Waals surface area (Å²) in [7, 11) is 4.06. The number of thiocarbonyl (C=S) groups is 1. The van der Waals surface area contributed by atoms with Crippen LogP contribution < -0.4 is 10.6 Å². The lowest BCUT2D eigenvalue weighted by Gasteiger charge is -2.33. The van der Waals surface area contributed by atoms with Crippen molar-refractivity contribution in [2.75, 3.05) is 32.1 Å². The van der Waals surface area contributed by atoms with Crippen LogP contribution in [0.5, 0.6) is 0 Å². The van der Waals surface area contributed by atoms with Gasteiger partial charge in [0.15, 0.2) is 0 Å². The van der Waals surface area contributed by atoms with E-state index in [-0.39, 0.29) is 10.8 Å². The second kappa shape index (κ2) is 6.82. The number of likely N-dealkylation sites (N-methyl/N-ethyl adjacent to an activating group) is 2. The molecule has 2 N–H and O–H groups in total. The molecule has 0 saturated heterocycles. The number of hydrogen-bond acceptors (Lipinski definition) is 3. The molecule has 0 spiro atoms. The molecule has 19 heavy (non-hydrogen) atoms. The Labute approximate surface area is 120 Å². The Morgan fingerprint density at radius 1 is 1.42 bits per heavy atom. The summed E-state index contributed by atoms with van der Waals surface area (Å²) >= 11 is 5.02. The Bertz CT molecular complexity index is 448. The van der Waals surface area contributed by atoms with Gasteiger partial charge in [-0.3, -0.25) is 0 Å². The molecule has 0 radical (unpaired) electrons. The summed E-state index contributed by atoms with van der Waals surface area (Å²) in [6.45, 7) is 5.92. The first kappa shape index (κ1) is 15.9. The first-order chi connectivity index (χ1) is 8.86. The Morgan fingerprint density at radius 2 is 2.05 bits per heavy atom. The van der Waals surface area contributed by atoms with Gasteiger partial charge in [-0.1, -0.05) is 12.2 Å². The summed E-state index contributed by atoms with van der Waals surface area (Å²) in [6.07, 6.45) is 0. The van der Waals surface area contributed by atoms with E-state index in [1.165, 1.54) is 12.1 Å². The van der Waals surface area contributed by atoms with Crippen LogP contribution in [-0.2, 0) is 0 Å². The monoisotopic (exact) mass is 283 g/mol. The van der Waals surface area contributed by atoms with Crippen LogP contribution in [-0.4, -0.2) is 43.1 Å². The third kappa shape index (κ3) is 4.14. The molecule has 3 nitrogen and oxygen atoms in total. The van der Waals surface area contributed by atoms with Gasteiger partial charge in [-0.15, -0.1) is 0 Å².